The van der Waals surface area contributed by atoms with Gasteiger partial charge in [0.15, 0.2) is 0 Å². The van der Waals surface area contributed by atoms with Crippen LogP contribution in [0, 0.1) is 5.92 Å². The molecule has 2 rings (SSSR count). The summed E-state index contributed by atoms with van der Waals surface area (Å²) in [5.41, 5.74) is 0.704. The number of hydrogen-bond donors (Lipinski definition) is 2. The number of benzene rings is 2. The third kappa shape index (κ3) is 6.01. The average molecular weight is 386 g/mol. The molecule has 0 radical (unpaired) electrons. The van der Waals surface area contributed by atoms with Crippen LogP contribution in [0.15, 0.2) is 48.5 Å². The predicted octanol–water partition coefficient (Wildman–Crippen LogP) is 4.31. The van der Waals surface area contributed by atoms with Crippen LogP contribution in [-0.4, -0.2) is 34.9 Å². The van der Waals surface area contributed by atoms with Crippen LogP contribution in [0.25, 0.3) is 0 Å². The molecule has 0 bridgehead atoms. The molecular weight excluding hydrogens is 360 g/mol. The Morgan fingerprint density at radius 3 is 1.82 bits per heavy atom. The van der Waals surface area contributed by atoms with Gasteiger partial charge in [0, 0.05) is 5.92 Å². The fourth-order valence-electron chi connectivity index (χ4n) is 2.83. The zero-order chi connectivity index (χ0) is 20.5. The second-order valence-electron chi connectivity index (χ2n) is 6.59. The predicted molar refractivity (Wildman–Crippen MR) is 104 cm³/mol. The van der Waals surface area contributed by atoms with Crippen molar-refractivity contribution in [2.24, 2.45) is 5.92 Å². The first-order chi connectivity index (χ1) is 13.4. The molecule has 2 aromatic rings. The Kier molecular flexibility index (Phi) is 7.87. The van der Waals surface area contributed by atoms with Crippen molar-refractivity contribution in [1.82, 2.24) is 0 Å². The molecule has 0 spiro atoms. The standard InChI is InChI=1S/C22H26O6/c1-3-5-20(28-22(26)17-8-12-19(24)13-9-17)15(4-2)14-27-21(25)16-6-10-18(23)11-7-16/h6-13,15,20,23-24H,3-5,14H2,1-2H3/t15-,20+/m0/s1. The lowest BCUT2D eigenvalue weighted by Crippen LogP contribution is -2.31. The van der Waals surface area contributed by atoms with Gasteiger partial charge in [0.2, 0.25) is 0 Å². The molecule has 6 nitrogen and oxygen atoms in total. The SMILES string of the molecule is CCC[C@@H](OC(=O)c1ccc(O)cc1)[C@@H](CC)COC(=O)c1ccc(O)cc1. The summed E-state index contributed by atoms with van der Waals surface area (Å²) in [7, 11) is 0. The summed E-state index contributed by atoms with van der Waals surface area (Å²) < 4.78 is 11.1. The van der Waals surface area contributed by atoms with E-state index in [1.807, 2.05) is 13.8 Å². The molecule has 0 amide bonds. The lowest BCUT2D eigenvalue weighted by atomic mass is 9.96. The van der Waals surface area contributed by atoms with Crippen molar-refractivity contribution in [3.05, 3.63) is 59.7 Å². The Bertz CT molecular complexity index is 767. The third-order valence-electron chi connectivity index (χ3n) is 4.52. The zero-order valence-corrected chi connectivity index (χ0v) is 16.1. The maximum atomic E-state index is 12.4. The lowest BCUT2D eigenvalue weighted by Gasteiger charge is -2.26. The number of carbonyl (C=O) groups excluding carboxylic acids is 2. The topological polar surface area (TPSA) is 93.1 Å². The Balaban J connectivity index is 2.00. The molecule has 0 aliphatic carbocycles. The molecule has 2 aromatic carbocycles. The minimum Gasteiger partial charge on any atom is -0.508 e. The second kappa shape index (κ2) is 10.3. The molecule has 2 atom stereocenters. The van der Waals surface area contributed by atoms with Crippen LogP contribution in [0.1, 0.15) is 53.8 Å². The van der Waals surface area contributed by atoms with E-state index >= 15 is 0 Å². The highest BCUT2D eigenvalue weighted by molar-refractivity contribution is 5.90. The minimum absolute atomic E-state index is 0.0761. The Morgan fingerprint density at radius 1 is 0.857 bits per heavy atom. The van der Waals surface area contributed by atoms with Gasteiger partial charge in [-0.1, -0.05) is 20.3 Å². The first-order valence-corrected chi connectivity index (χ1v) is 9.40. The first kappa shape index (κ1) is 21.3. The van der Waals surface area contributed by atoms with Gasteiger partial charge < -0.3 is 19.7 Å². The van der Waals surface area contributed by atoms with Crippen molar-refractivity contribution in [2.75, 3.05) is 6.61 Å². The average Bonchev–Trinajstić information content (AvgIpc) is 2.69. The molecule has 2 N–H and O–H groups in total. The fraction of sp³-hybridized carbons (Fsp3) is 0.364. The Morgan fingerprint density at radius 2 is 1.36 bits per heavy atom. The summed E-state index contributed by atoms with van der Waals surface area (Å²) in [5, 5.41) is 18.7. The minimum atomic E-state index is -0.487. The second-order valence-corrected chi connectivity index (χ2v) is 6.59. The van der Waals surface area contributed by atoms with Gasteiger partial charge in [-0.15, -0.1) is 0 Å². The van der Waals surface area contributed by atoms with Crippen LogP contribution < -0.4 is 0 Å². The molecule has 0 saturated heterocycles. The molecule has 0 aliphatic heterocycles. The summed E-state index contributed by atoms with van der Waals surface area (Å²) in [6, 6.07) is 11.7. The highest BCUT2D eigenvalue weighted by Crippen LogP contribution is 2.21. The third-order valence-corrected chi connectivity index (χ3v) is 4.52. The molecule has 0 saturated carbocycles. The van der Waals surface area contributed by atoms with E-state index in [-0.39, 0.29) is 30.1 Å². The monoisotopic (exact) mass is 386 g/mol. The molecule has 150 valence electrons. The normalized spacial score (nSPS) is 12.8. The number of rotatable bonds is 9. The highest BCUT2D eigenvalue weighted by Gasteiger charge is 2.25. The van der Waals surface area contributed by atoms with Crippen LogP contribution in [0.2, 0.25) is 0 Å². The molecule has 0 aliphatic rings. The Labute approximate surface area is 164 Å². The summed E-state index contributed by atoms with van der Waals surface area (Å²) in [4.78, 5) is 24.6. The van der Waals surface area contributed by atoms with Gasteiger partial charge in [-0.05, 0) is 61.4 Å². The molecule has 0 fully saturated rings. The van der Waals surface area contributed by atoms with E-state index in [2.05, 4.69) is 0 Å². The number of ether oxygens (including phenoxy) is 2. The lowest BCUT2D eigenvalue weighted by molar-refractivity contribution is -0.00783. The van der Waals surface area contributed by atoms with Crippen molar-refractivity contribution in [2.45, 2.75) is 39.2 Å². The van der Waals surface area contributed by atoms with Gasteiger partial charge in [-0.3, -0.25) is 0 Å². The largest absolute Gasteiger partial charge is 0.508 e. The van der Waals surface area contributed by atoms with Gasteiger partial charge >= 0.3 is 11.9 Å². The van der Waals surface area contributed by atoms with Crippen LogP contribution in [-0.2, 0) is 9.47 Å². The maximum Gasteiger partial charge on any atom is 0.338 e. The van der Waals surface area contributed by atoms with E-state index in [1.54, 1.807) is 0 Å². The van der Waals surface area contributed by atoms with Crippen LogP contribution >= 0.6 is 0 Å². The number of phenols is 2. The summed E-state index contributed by atoms with van der Waals surface area (Å²) in [6.45, 7) is 4.08. The van der Waals surface area contributed by atoms with Gasteiger partial charge in [0.1, 0.15) is 17.6 Å². The van der Waals surface area contributed by atoms with Gasteiger partial charge in [-0.2, -0.15) is 0 Å². The number of carbonyl (C=O) groups is 2. The molecule has 0 heterocycles. The number of esters is 2. The molecule has 6 heteroatoms. The number of aromatic hydroxyl groups is 2. The van der Waals surface area contributed by atoms with Gasteiger partial charge in [-0.25, -0.2) is 9.59 Å². The quantitative estimate of drug-likeness (QED) is 0.624. The summed E-state index contributed by atoms with van der Waals surface area (Å²) in [6.07, 6.45) is 1.76. The highest BCUT2D eigenvalue weighted by atomic mass is 16.6. The van der Waals surface area contributed by atoms with Crippen LogP contribution in [0.4, 0.5) is 0 Å². The van der Waals surface area contributed by atoms with Crippen molar-refractivity contribution < 1.29 is 29.3 Å². The van der Waals surface area contributed by atoms with Crippen LogP contribution in [0.3, 0.4) is 0 Å². The fourth-order valence-corrected chi connectivity index (χ4v) is 2.83. The van der Waals surface area contributed by atoms with Crippen molar-refractivity contribution in [3.8, 4) is 11.5 Å². The number of hydrogen-bond acceptors (Lipinski definition) is 6. The summed E-state index contributed by atoms with van der Waals surface area (Å²) in [5.74, 6) is -0.941. The van der Waals surface area contributed by atoms with E-state index in [4.69, 9.17) is 9.47 Å². The van der Waals surface area contributed by atoms with E-state index in [0.717, 1.165) is 6.42 Å². The van der Waals surface area contributed by atoms with E-state index in [0.29, 0.717) is 24.0 Å². The van der Waals surface area contributed by atoms with Crippen molar-refractivity contribution in [1.29, 1.82) is 0 Å². The molecule has 28 heavy (non-hydrogen) atoms. The van der Waals surface area contributed by atoms with Gasteiger partial charge in [0.05, 0.1) is 17.7 Å². The maximum absolute atomic E-state index is 12.4. The number of phenolic OH excluding ortho intramolecular Hbond substituents is 2. The van der Waals surface area contributed by atoms with Crippen LogP contribution in [0.5, 0.6) is 11.5 Å². The Hall–Kier alpha value is -3.02. The molecule has 0 unspecified atom stereocenters. The van der Waals surface area contributed by atoms with E-state index in [1.165, 1.54) is 48.5 Å². The van der Waals surface area contributed by atoms with E-state index in [9.17, 15) is 19.8 Å². The van der Waals surface area contributed by atoms with E-state index < -0.39 is 11.9 Å². The zero-order valence-electron chi connectivity index (χ0n) is 16.1. The molecule has 0 aromatic heterocycles. The summed E-state index contributed by atoms with van der Waals surface area (Å²) >= 11 is 0. The molecular formula is C22H26O6. The smallest absolute Gasteiger partial charge is 0.338 e. The van der Waals surface area contributed by atoms with Gasteiger partial charge in [0.25, 0.3) is 0 Å². The van der Waals surface area contributed by atoms with Crippen molar-refractivity contribution >= 4 is 11.9 Å². The first-order valence-electron chi connectivity index (χ1n) is 9.40. The van der Waals surface area contributed by atoms with Crippen molar-refractivity contribution in [3.63, 3.8) is 0 Å².